The highest BCUT2D eigenvalue weighted by atomic mass is 16.5. The van der Waals surface area contributed by atoms with Crippen LogP contribution in [0.3, 0.4) is 0 Å². The normalized spacial score (nSPS) is 11.8. The molecule has 0 spiro atoms. The fourth-order valence-electron chi connectivity index (χ4n) is 2.59. The van der Waals surface area contributed by atoms with Crippen molar-refractivity contribution in [3.05, 3.63) is 60.2 Å². The van der Waals surface area contributed by atoms with Crippen LogP contribution in [0.5, 0.6) is 5.75 Å². The van der Waals surface area contributed by atoms with E-state index in [2.05, 4.69) is 20.4 Å². The number of pyridine rings is 1. The number of hydrogen-bond acceptors (Lipinski definition) is 7. The lowest BCUT2D eigenvalue weighted by atomic mass is 10.0. The van der Waals surface area contributed by atoms with E-state index < -0.39 is 11.9 Å². The molecule has 2 aromatic heterocycles. The summed E-state index contributed by atoms with van der Waals surface area (Å²) >= 11 is 0. The van der Waals surface area contributed by atoms with Gasteiger partial charge in [-0.1, -0.05) is 25.1 Å². The lowest BCUT2D eigenvalue weighted by Crippen LogP contribution is -2.35. The lowest BCUT2D eigenvalue weighted by molar-refractivity contribution is -0.124. The molecule has 9 heteroatoms. The molecule has 1 unspecified atom stereocenters. The molecular formula is C20H21N5O4. The molecule has 9 nitrogen and oxygen atoms in total. The molecule has 3 N–H and O–H groups in total. The van der Waals surface area contributed by atoms with Gasteiger partial charge in [-0.3, -0.25) is 14.6 Å². The van der Waals surface area contributed by atoms with Gasteiger partial charge >= 0.3 is 0 Å². The van der Waals surface area contributed by atoms with Crippen molar-refractivity contribution in [3.8, 4) is 17.1 Å². The van der Waals surface area contributed by atoms with Gasteiger partial charge in [0.1, 0.15) is 11.8 Å². The average Bonchev–Trinajstić information content (AvgIpc) is 3.21. The monoisotopic (exact) mass is 395 g/mol. The Hall–Kier alpha value is -3.75. The standard InChI is InChI=1S/C20H21N5O4/c1-12(2)17(20-24-19(25-29-20)14-6-4-8-22-10-14)23-16(26)11-28-15-7-3-5-13(9-15)18(21)27/h3-10,12,17H,11H2,1-2H3,(H2,21,27)(H,23,26). The van der Waals surface area contributed by atoms with Crippen LogP contribution in [0.15, 0.2) is 53.3 Å². The van der Waals surface area contributed by atoms with E-state index in [9.17, 15) is 9.59 Å². The van der Waals surface area contributed by atoms with E-state index in [0.717, 1.165) is 0 Å². The third kappa shape index (κ3) is 5.16. The van der Waals surface area contributed by atoms with Gasteiger partial charge in [-0.15, -0.1) is 0 Å². The Labute approximate surface area is 167 Å². The van der Waals surface area contributed by atoms with Gasteiger partial charge in [-0.2, -0.15) is 4.98 Å². The lowest BCUT2D eigenvalue weighted by Gasteiger charge is -2.18. The first-order valence-corrected chi connectivity index (χ1v) is 9.00. The van der Waals surface area contributed by atoms with Crippen molar-refractivity contribution >= 4 is 11.8 Å². The maximum atomic E-state index is 12.4. The van der Waals surface area contributed by atoms with E-state index in [1.165, 1.54) is 6.07 Å². The quantitative estimate of drug-likeness (QED) is 0.597. The smallest absolute Gasteiger partial charge is 0.258 e. The molecule has 2 amide bonds. The molecule has 0 aliphatic carbocycles. The average molecular weight is 395 g/mol. The van der Waals surface area contributed by atoms with Crippen molar-refractivity contribution in [2.24, 2.45) is 11.7 Å². The van der Waals surface area contributed by atoms with E-state index in [-0.39, 0.29) is 18.4 Å². The number of carbonyl (C=O) groups excluding carboxylic acids is 2. The predicted octanol–water partition coefficient (Wildman–Crippen LogP) is 2.12. The second kappa shape index (κ2) is 8.96. The first-order valence-electron chi connectivity index (χ1n) is 9.00. The highest BCUT2D eigenvalue weighted by Gasteiger charge is 2.25. The van der Waals surface area contributed by atoms with Crippen LogP contribution in [0, 0.1) is 5.92 Å². The minimum absolute atomic E-state index is 0.000613. The maximum absolute atomic E-state index is 12.4. The molecule has 0 fully saturated rings. The Morgan fingerprint density at radius 1 is 1.24 bits per heavy atom. The Balaban J connectivity index is 1.65. The van der Waals surface area contributed by atoms with Gasteiger partial charge in [0.25, 0.3) is 5.91 Å². The zero-order chi connectivity index (χ0) is 20.8. The maximum Gasteiger partial charge on any atom is 0.258 e. The number of aromatic nitrogens is 3. The number of amides is 2. The molecular weight excluding hydrogens is 374 g/mol. The van der Waals surface area contributed by atoms with Crippen molar-refractivity contribution in [2.45, 2.75) is 19.9 Å². The summed E-state index contributed by atoms with van der Waals surface area (Å²) in [4.78, 5) is 32.0. The Morgan fingerprint density at radius 3 is 2.76 bits per heavy atom. The summed E-state index contributed by atoms with van der Waals surface area (Å²) in [5.41, 5.74) is 6.26. The number of nitrogens with two attached hydrogens (primary N) is 1. The van der Waals surface area contributed by atoms with Crippen molar-refractivity contribution in [2.75, 3.05) is 6.61 Å². The summed E-state index contributed by atoms with van der Waals surface area (Å²) in [6.45, 7) is 3.61. The number of hydrogen-bond donors (Lipinski definition) is 2. The second-order valence-electron chi connectivity index (χ2n) is 6.67. The first-order chi connectivity index (χ1) is 13.9. The van der Waals surface area contributed by atoms with Crippen LogP contribution >= 0.6 is 0 Å². The van der Waals surface area contributed by atoms with Gasteiger partial charge in [0.15, 0.2) is 6.61 Å². The number of ether oxygens (including phenoxy) is 1. The number of nitrogens with one attached hydrogen (secondary N) is 1. The molecule has 0 radical (unpaired) electrons. The van der Waals surface area contributed by atoms with Crippen molar-refractivity contribution in [1.82, 2.24) is 20.4 Å². The van der Waals surface area contributed by atoms with Gasteiger partial charge in [-0.05, 0) is 36.2 Å². The molecule has 150 valence electrons. The van der Waals surface area contributed by atoms with Crippen molar-refractivity contribution in [3.63, 3.8) is 0 Å². The SMILES string of the molecule is CC(C)C(NC(=O)COc1cccc(C(N)=O)c1)c1nc(-c2cccnc2)no1. The summed E-state index contributed by atoms with van der Waals surface area (Å²) in [5.74, 6) is 0.124. The van der Waals surface area contributed by atoms with Crippen LogP contribution in [0.25, 0.3) is 11.4 Å². The number of benzene rings is 1. The van der Waals surface area contributed by atoms with Crippen LogP contribution in [-0.2, 0) is 4.79 Å². The number of primary amides is 1. The zero-order valence-electron chi connectivity index (χ0n) is 16.0. The second-order valence-corrected chi connectivity index (χ2v) is 6.67. The van der Waals surface area contributed by atoms with Crippen LogP contribution in [0.4, 0.5) is 0 Å². The van der Waals surface area contributed by atoms with Gasteiger partial charge < -0.3 is 20.3 Å². The van der Waals surface area contributed by atoms with Crippen LogP contribution in [0.2, 0.25) is 0 Å². The first kappa shape index (κ1) is 20.0. The largest absolute Gasteiger partial charge is 0.484 e. The summed E-state index contributed by atoms with van der Waals surface area (Å²) in [7, 11) is 0. The number of rotatable bonds is 8. The van der Waals surface area contributed by atoms with Gasteiger partial charge in [0, 0.05) is 23.5 Å². The predicted molar refractivity (Wildman–Crippen MR) is 104 cm³/mol. The number of carbonyl (C=O) groups is 2. The van der Waals surface area contributed by atoms with E-state index in [4.69, 9.17) is 15.0 Å². The molecule has 2 heterocycles. The van der Waals surface area contributed by atoms with Crippen LogP contribution in [-0.4, -0.2) is 33.5 Å². The summed E-state index contributed by atoms with van der Waals surface area (Å²) < 4.78 is 10.8. The summed E-state index contributed by atoms with van der Waals surface area (Å²) in [5, 5.41) is 6.80. The number of nitrogens with zero attached hydrogens (tertiary/aromatic N) is 3. The van der Waals surface area contributed by atoms with Gasteiger partial charge in [-0.25, -0.2) is 0 Å². The Bertz CT molecular complexity index is 987. The van der Waals surface area contributed by atoms with Crippen molar-refractivity contribution in [1.29, 1.82) is 0 Å². The Morgan fingerprint density at radius 2 is 2.07 bits per heavy atom. The van der Waals surface area contributed by atoms with Gasteiger partial charge in [0.2, 0.25) is 17.6 Å². The molecule has 29 heavy (non-hydrogen) atoms. The molecule has 3 rings (SSSR count). The zero-order valence-corrected chi connectivity index (χ0v) is 16.0. The topological polar surface area (TPSA) is 133 Å². The summed E-state index contributed by atoms with van der Waals surface area (Å²) in [6, 6.07) is 9.42. The molecule has 1 aromatic carbocycles. The molecule has 1 atom stereocenters. The van der Waals surface area contributed by atoms with E-state index >= 15 is 0 Å². The highest BCUT2D eigenvalue weighted by molar-refractivity contribution is 5.93. The molecule has 0 aliphatic rings. The van der Waals surface area contributed by atoms with Gasteiger partial charge in [0.05, 0.1) is 0 Å². The van der Waals surface area contributed by atoms with Crippen molar-refractivity contribution < 1.29 is 18.8 Å². The van der Waals surface area contributed by atoms with E-state index in [0.29, 0.717) is 28.6 Å². The van der Waals surface area contributed by atoms with E-state index in [1.54, 1.807) is 36.7 Å². The molecule has 0 bridgehead atoms. The third-order valence-electron chi connectivity index (χ3n) is 4.10. The molecule has 0 aliphatic heterocycles. The van der Waals surface area contributed by atoms with Crippen LogP contribution in [0.1, 0.15) is 36.1 Å². The molecule has 0 saturated carbocycles. The fourth-order valence-corrected chi connectivity index (χ4v) is 2.59. The minimum atomic E-state index is -0.569. The molecule has 0 saturated heterocycles. The minimum Gasteiger partial charge on any atom is -0.484 e. The third-order valence-corrected chi connectivity index (χ3v) is 4.10. The molecule has 3 aromatic rings. The van der Waals surface area contributed by atoms with Crippen LogP contribution < -0.4 is 15.8 Å². The Kier molecular flexibility index (Phi) is 6.18. The van der Waals surface area contributed by atoms with E-state index in [1.807, 2.05) is 19.9 Å². The fraction of sp³-hybridized carbons (Fsp3) is 0.250. The summed E-state index contributed by atoms with van der Waals surface area (Å²) in [6.07, 6.45) is 3.28. The highest BCUT2D eigenvalue weighted by Crippen LogP contribution is 2.23.